The summed E-state index contributed by atoms with van der Waals surface area (Å²) >= 11 is 0. The summed E-state index contributed by atoms with van der Waals surface area (Å²) in [5.74, 6) is 0. The normalized spacial score (nSPS) is 20.1. The fourth-order valence-corrected chi connectivity index (χ4v) is 2.52. The van der Waals surface area contributed by atoms with E-state index >= 15 is 0 Å². The van der Waals surface area contributed by atoms with Gasteiger partial charge < -0.3 is 15.2 Å². The first kappa shape index (κ1) is 14.5. The van der Waals surface area contributed by atoms with E-state index in [4.69, 9.17) is 4.74 Å². The van der Waals surface area contributed by atoms with Crippen LogP contribution in [0, 0.1) is 0 Å². The number of hydrogen-bond acceptors (Lipinski definition) is 3. The summed E-state index contributed by atoms with van der Waals surface area (Å²) in [6, 6.07) is 10.9. The third kappa shape index (κ3) is 4.60. The van der Waals surface area contributed by atoms with Crippen LogP contribution in [0.4, 0.5) is 0 Å². The molecule has 1 aromatic carbocycles. The van der Waals surface area contributed by atoms with Crippen LogP contribution in [0.1, 0.15) is 31.7 Å². The van der Waals surface area contributed by atoms with Crippen LogP contribution < -0.4 is 5.32 Å². The molecule has 0 amide bonds. The standard InChI is InChI=1S/C16H25NO2/c1-2-15(12-14-6-4-3-5-7-14)17-13-16(18)8-10-19-11-9-16/h3-7,15,17-18H,2,8-13H2,1H3. The number of nitrogens with one attached hydrogen (secondary N) is 1. The molecule has 1 aliphatic heterocycles. The molecule has 1 aliphatic rings. The van der Waals surface area contributed by atoms with E-state index < -0.39 is 5.60 Å². The lowest BCUT2D eigenvalue weighted by Crippen LogP contribution is -2.48. The van der Waals surface area contributed by atoms with Gasteiger partial charge in [0.05, 0.1) is 5.60 Å². The minimum Gasteiger partial charge on any atom is -0.388 e. The van der Waals surface area contributed by atoms with Crippen LogP contribution in [0.3, 0.4) is 0 Å². The van der Waals surface area contributed by atoms with Gasteiger partial charge in [-0.05, 0) is 18.4 Å². The molecule has 0 saturated carbocycles. The summed E-state index contributed by atoms with van der Waals surface area (Å²) in [6.45, 7) is 4.21. The molecular formula is C16H25NO2. The quantitative estimate of drug-likeness (QED) is 0.826. The summed E-state index contributed by atoms with van der Waals surface area (Å²) in [5.41, 5.74) is 0.767. The van der Waals surface area contributed by atoms with E-state index in [1.807, 2.05) is 6.07 Å². The van der Waals surface area contributed by atoms with E-state index in [0.29, 0.717) is 25.8 Å². The molecule has 19 heavy (non-hydrogen) atoms. The van der Waals surface area contributed by atoms with Gasteiger partial charge in [-0.15, -0.1) is 0 Å². The highest BCUT2D eigenvalue weighted by molar-refractivity contribution is 5.15. The van der Waals surface area contributed by atoms with Crippen LogP contribution in [0.5, 0.6) is 0 Å². The Balaban J connectivity index is 1.82. The monoisotopic (exact) mass is 263 g/mol. The smallest absolute Gasteiger partial charge is 0.0815 e. The fourth-order valence-electron chi connectivity index (χ4n) is 2.52. The van der Waals surface area contributed by atoms with Crippen LogP contribution in [-0.2, 0) is 11.2 Å². The minimum atomic E-state index is -0.581. The van der Waals surface area contributed by atoms with Gasteiger partial charge in [0.1, 0.15) is 0 Å². The molecule has 3 nitrogen and oxygen atoms in total. The Hall–Kier alpha value is -0.900. The topological polar surface area (TPSA) is 41.5 Å². The van der Waals surface area contributed by atoms with Crippen LogP contribution in [0.2, 0.25) is 0 Å². The van der Waals surface area contributed by atoms with Gasteiger partial charge in [-0.25, -0.2) is 0 Å². The summed E-state index contributed by atoms with van der Waals surface area (Å²) in [6.07, 6.45) is 3.56. The van der Waals surface area contributed by atoms with Gasteiger partial charge in [-0.3, -0.25) is 0 Å². The Bertz CT molecular complexity index is 360. The third-order valence-corrected chi connectivity index (χ3v) is 3.96. The Morgan fingerprint density at radius 3 is 2.58 bits per heavy atom. The predicted molar refractivity (Wildman–Crippen MR) is 77.2 cm³/mol. The second-order valence-corrected chi connectivity index (χ2v) is 5.51. The summed E-state index contributed by atoms with van der Waals surface area (Å²) < 4.78 is 5.31. The van der Waals surface area contributed by atoms with Gasteiger partial charge in [0.2, 0.25) is 0 Å². The van der Waals surface area contributed by atoms with E-state index in [9.17, 15) is 5.11 Å². The first-order valence-electron chi connectivity index (χ1n) is 7.29. The van der Waals surface area contributed by atoms with E-state index in [2.05, 4.69) is 36.5 Å². The summed E-state index contributed by atoms with van der Waals surface area (Å²) in [4.78, 5) is 0. The molecule has 2 rings (SSSR count). The van der Waals surface area contributed by atoms with Crippen molar-refractivity contribution in [2.45, 2.75) is 44.2 Å². The highest BCUT2D eigenvalue weighted by Crippen LogP contribution is 2.19. The predicted octanol–water partition coefficient (Wildman–Crippen LogP) is 2.14. The lowest BCUT2D eigenvalue weighted by Gasteiger charge is -2.33. The third-order valence-electron chi connectivity index (χ3n) is 3.96. The molecule has 1 heterocycles. The summed E-state index contributed by atoms with van der Waals surface area (Å²) in [5, 5.41) is 14.0. The molecular weight excluding hydrogens is 238 g/mol. The number of aliphatic hydroxyl groups is 1. The maximum atomic E-state index is 10.4. The van der Waals surface area contributed by atoms with Crippen molar-refractivity contribution in [1.82, 2.24) is 5.32 Å². The highest BCUT2D eigenvalue weighted by Gasteiger charge is 2.29. The molecule has 106 valence electrons. The Labute approximate surface area is 116 Å². The van der Waals surface area contributed by atoms with Crippen molar-refractivity contribution in [3.05, 3.63) is 35.9 Å². The van der Waals surface area contributed by atoms with Gasteiger partial charge >= 0.3 is 0 Å². The summed E-state index contributed by atoms with van der Waals surface area (Å²) in [7, 11) is 0. The zero-order valence-electron chi connectivity index (χ0n) is 11.8. The van der Waals surface area contributed by atoms with E-state index in [-0.39, 0.29) is 0 Å². The molecule has 0 radical (unpaired) electrons. The van der Waals surface area contributed by atoms with Crippen LogP contribution in [-0.4, -0.2) is 36.5 Å². The molecule has 2 N–H and O–H groups in total. The molecule has 0 aromatic heterocycles. The maximum Gasteiger partial charge on any atom is 0.0815 e. The first-order chi connectivity index (χ1) is 9.22. The number of ether oxygens (including phenoxy) is 1. The molecule has 1 unspecified atom stereocenters. The SMILES string of the molecule is CCC(Cc1ccccc1)NCC1(O)CCOCC1. The van der Waals surface area contributed by atoms with Crippen molar-refractivity contribution >= 4 is 0 Å². The molecule has 0 spiro atoms. The lowest BCUT2D eigenvalue weighted by atomic mass is 9.93. The second-order valence-electron chi connectivity index (χ2n) is 5.51. The van der Waals surface area contributed by atoms with Gasteiger partial charge in [0.15, 0.2) is 0 Å². The largest absolute Gasteiger partial charge is 0.388 e. The molecule has 1 fully saturated rings. The van der Waals surface area contributed by atoms with Crippen molar-refractivity contribution in [3.8, 4) is 0 Å². The number of benzene rings is 1. The molecule has 1 saturated heterocycles. The van der Waals surface area contributed by atoms with Gasteiger partial charge in [-0.2, -0.15) is 0 Å². The second kappa shape index (κ2) is 7.04. The maximum absolute atomic E-state index is 10.4. The molecule has 0 bridgehead atoms. The van der Waals surface area contributed by atoms with Crippen molar-refractivity contribution in [1.29, 1.82) is 0 Å². The first-order valence-corrected chi connectivity index (χ1v) is 7.29. The van der Waals surface area contributed by atoms with Crippen molar-refractivity contribution in [3.63, 3.8) is 0 Å². The van der Waals surface area contributed by atoms with Crippen molar-refractivity contribution in [2.75, 3.05) is 19.8 Å². The average Bonchev–Trinajstić information content (AvgIpc) is 2.45. The van der Waals surface area contributed by atoms with Gasteiger partial charge in [0, 0.05) is 38.6 Å². The molecule has 0 aliphatic carbocycles. The minimum absolute atomic E-state index is 0.425. The van der Waals surface area contributed by atoms with E-state index in [0.717, 1.165) is 25.7 Å². The zero-order chi connectivity index (χ0) is 13.6. The van der Waals surface area contributed by atoms with E-state index in [1.165, 1.54) is 5.56 Å². The molecule has 1 atom stereocenters. The van der Waals surface area contributed by atoms with Crippen LogP contribution >= 0.6 is 0 Å². The number of rotatable bonds is 6. The van der Waals surface area contributed by atoms with Crippen LogP contribution in [0.15, 0.2) is 30.3 Å². The fraction of sp³-hybridized carbons (Fsp3) is 0.625. The van der Waals surface area contributed by atoms with E-state index in [1.54, 1.807) is 0 Å². The Kier molecular flexibility index (Phi) is 5.37. The Morgan fingerprint density at radius 2 is 1.95 bits per heavy atom. The molecule has 1 aromatic rings. The van der Waals surface area contributed by atoms with Gasteiger partial charge in [0.25, 0.3) is 0 Å². The highest BCUT2D eigenvalue weighted by atomic mass is 16.5. The van der Waals surface area contributed by atoms with Crippen molar-refractivity contribution < 1.29 is 9.84 Å². The van der Waals surface area contributed by atoms with Crippen LogP contribution in [0.25, 0.3) is 0 Å². The zero-order valence-corrected chi connectivity index (χ0v) is 11.8. The molecule has 3 heteroatoms. The lowest BCUT2D eigenvalue weighted by molar-refractivity contribution is -0.0628. The average molecular weight is 263 g/mol. The number of hydrogen-bond donors (Lipinski definition) is 2. The Morgan fingerprint density at radius 1 is 1.26 bits per heavy atom. The van der Waals surface area contributed by atoms with Gasteiger partial charge in [-0.1, -0.05) is 37.3 Å². The van der Waals surface area contributed by atoms with Crippen molar-refractivity contribution in [2.24, 2.45) is 0 Å².